The fourth-order valence-corrected chi connectivity index (χ4v) is 2.31. The molecule has 0 aliphatic carbocycles. The number of nitrogens with one attached hydrogen (secondary N) is 1. The second kappa shape index (κ2) is 6.19. The van der Waals surface area contributed by atoms with Crippen molar-refractivity contribution in [3.05, 3.63) is 23.9 Å². The summed E-state index contributed by atoms with van der Waals surface area (Å²) in [6.45, 7) is 1.98. The van der Waals surface area contributed by atoms with Crippen LogP contribution in [0.25, 0.3) is 11.1 Å². The molecule has 0 amide bonds. The normalized spacial score (nSPS) is 10.1. The maximum atomic E-state index is 6.98. The molecule has 1 aromatic carbocycles. The average molecular weight is 299 g/mol. The molecule has 114 valence electrons. The minimum absolute atomic E-state index is 0.161. The number of nitrogen functional groups attached to an aromatic ring is 2. The zero-order valence-electron chi connectivity index (χ0n) is 12.8. The number of nitrogens with two attached hydrogens (primary N) is 2. The van der Waals surface area contributed by atoms with E-state index in [4.69, 9.17) is 17.0 Å². The van der Waals surface area contributed by atoms with Gasteiger partial charge in [-0.05, 0) is 24.1 Å². The molecule has 1 aromatic heterocycles. The van der Waals surface area contributed by atoms with Gasteiger partial charge in [0.15, 0.2) is 10.8 Å². The van der Waals surface area contributed by atoms with Gasteiger partial charge in [-0.2, -0.15) is 4.98 Å². The fourth-order valence-electron chi connectivity index (χ4n) is 2.31. The number of aromatic nitrogens is 2. The first-order valence-corrected chi connectivity index (χ1v) is 6.79. The Morgan fingerprint density at radius 2 is 2.00 bits per heavy atom. The third-order valence-corrected chi connectivity index (χ3v) is 3.27. The van der Waals surface area contributed by atoms with Crippen molar-refractivity contribution < 1.29 is 0 Å². The predicted molar refractivity (Wildman–Crippen MR) is 86.9 cm³/mol. The quantitative estimate of drug-likeness (QED) is 0.587. The highest BCUT2D eigenvalue weighted by Gasteiger charge is 2.16. The van der Waals surface area contributed by atoms with Crippen LogP contribution in [0.15, 0.2) is 23.3 Å². The Morgan fingerprint density at radius 3 is 2.59 bits per heavy atom. The summed E-state index contributed by atoms with van der Waals surface area (Å²) in [7, 11) is 3.80. The Hall–Kier alpha value is -2.99. The molecular formula is C14H19N8+. The van der Waals surface area contributed by atoms with E-state index in [1.165, 1.54) is 0 Å². The molecule has 8 heteroatoms. The summed E-state index contributed by atoms with van der Waals surface area (Å²) in [4.78, 5) is 13.3. The predicted octanol–water partition coefficient (Wildman–Crippen LogP) is 2.12. The van der Waals surface area contributed by atoms with E-state index in [1.54, 1.807) is 0 Å². The molecule has 1 heterocycles. The van der Waals surface area contributed by atoms with Crippen molar-refractivity contribution in [2.24, 2.45) is 5.11 Å². The Labute approximate surface area is 128 Å². The Morgan fingerprint density at radius 1 is 1.27 bits per heavy atom. The van der Waals surface area contributed by atoms with Crippen LogP contribution >= 0.6 is 0 Å². The number of benzene rings is 1. The first kappa shape index (κ1) is 15.4. The smallest absolute Gasteiger partial charge is 0.222 e. The highest BCUT2D eigenvalue weighted by atomic mass is 15.2. The molecule has 0 spiro atoms. The van der Waals surface area contributed by atoms with Crippen LogP contribution in [0.4, 0.5) is 23.1 Å². The Kier molecular flexibility index (Phi) is 4.33. The lowest BCUT2D eigenvalue weighted by atomic mass is 10.0. The molecule has 0 atom stereocenters. The van der Waals surface area contributed by atoms with Crippen LogP contribution < -0.4 is 21.3 Å². The van der Waals surface area contributed by atoms with E-state index in [1.807, 2.05) is 44.1 Å². The lowest BCUT2D eigenvalue weighted by Gasteiger charge is -2.15. The molecule has 0 saturated heterocycles. The molecule has 2 aromatic rings. The minimum atomic E-state index is 0.161. The minimum Gasteiger partial charge on any atom is -0.383 e. The van der Waals surface area contributed by atoms with Crippen molar-refractivity contribution in [3.63, 3.8) is 0 Å². The summed E-state index contributed by atoms with van der Waals surface area (Å²) < 4.78 is 0. The third-order valence-electron chi connectivity index (χ3n) is 3.27. The number of hydrogen-bond donors (Lipinski definition) is 3. The molecule has 0 unspecified atom stereocenters. The van der Waals surface area contributed by atoms with Crippen molar-refractivity contribution in [1.82, 2.24) is 14.9 Å². The Bertz CT molecular complexity index is 747. The van der Waals surface area contributed by atoms with Gasteiger partial charge in [-0.15, -0.1) is 0 Å². The maximum Gasteiger partial charge on any atom is 0.222 e. The highest BCUT2D eigenvalue weighted by Crippen LogP contribution is 2.35. The topological polar surface area (TPSA) is 131 Å². The van der Waals surface area contributed by atoms with Gasteiger partial charge in [0.25, 0.3) is 0 Å². The van der Waals surface area contributed by atoms with Crippen molar-refractivity contribution in [2.45, 2.75) is 13.3 Å². The first-order chi connectivity index (χ1) is 10.5. The zero-order valence-corrected chi connectivity index (χ0v) is 12.8. The van der Waals surface area contributed by atoms with Gasteiger partial charge >= 0.3 is 0 Å². The van der Waals surface area contributed by atoms with E-state index in [0.29, 0.717) is 17.9 Å². The molecule has 5 N–H and O–H groups in total. The van der Waals surface area contributed by atoms with E-state index in [0.717, 1.165) is 22.5 Å². The maximum absolute atomic E-state index is 6.98. The monoisotopic (exact) mass is 299 g/mol. The second-order valence-electron chi connectivity index (χ2n) is 4.94. The summed E-state index contributed by atoms with van der Waals surface area (Å²) in [6.07, 6.45) is 0.678. The summed E-state index contributed by atoms with van der Waals surface area (Å²) in [6, 6.07) is 5.63. The fraction of sp³-hybridized carbons (Fsp3) is 0.286. The summed E-state index contributed by atoms with van der Waals surface area (Å²) in [5.41, 5.74) is 22.4. The summed E-state index contributed by atoms with van der Waals surface area (Å²) >= 11 is 0. The van der Waals surface area contributed by atoms with Gasteiger partial charge < -0.3 is 16.4 Å². The number of aryl methyl sites for hydroxylation is 1. The molecule has 0 fully saturated rings. The van der Waals surface area contributed by atoms with Crippen molar-refractivity contribution in [3.8, 4) is 11.1 Å². The van der Waals surface area contributed by atoms with Gasteiger partial charge in [0.05, 0.1) is 11.4 Å². The van der Waals surface area contributed by atoms with Crippen LogP contribution in [0.1, 0.15) is 12.6 Å². The number of hydrogen-bond acceptors (Lipinski definition) is 7. The van der Waals surface area contributed by atoms with Crippen molar-refractivity contribution in [2.75, 3.05) is 30.5 Å². The molecule has 8 nitrogen and oxygen atoms in total. The largest absolute Gasteiger partial charge is 0.383 e. The number of anilines is 3. The van der Waals surface area contributed by atoms with Crippen LogP contribution in [0.2, 0.25) is 0 Å². The van der Waals surface area contributed by atoms with Crippen LogP contribution in [-0.4, -0.2) is 24.1 Å². The first-order valence-electron chi connectivity index (χ1n) is 6.79. The van der Waals surface area contributed by atoms with Crippen LogP contribution in [0, 0.1) is 5.53 Å². The van der Waals surface area contributed by atoms with Crippen molar-refractivity contribution in [1.29, 1.82) is 5.53 Å². The van der Waals surface area contributed by atoms with Gasteiger partial charge in [-0.25, -0.2) is 4.98 Å². The van der Waals surface area contributed by atoms with Gasteiger partial charge in [0.1, 0.15) is 11.3 Å². The molecule has 0 radical (unpaired) electrons. The van der Waals surface area contributed by atoms with Crippen LogP contribution in [0.5, 0.6) is 0 Å². The second-order valence-corrected chi connectivity index (χ2v) is 4.94. The number of nitrogens with zero attached hydrogens (tertiary/aromatic N) is 5. The van der Waals surface area contributed by atoms with Crippen LogP contribution in [-0.2, 0) is 6.42 Å². The molecule has 0 bridgehead atoms. The highest BCUT2D eigenvalue weighted by molar-refractivity contribution is 5.82. The van der Waals surface area contributed by atoms with Crippen LogP contribution in [0.3, 0.4) is 0 Å². The summed E-state index contributed by atoms with van der Waals surface area (Å²) in [5, 5.41) is 3.86. The molecule has 0 saturated carbocycles. The SMILES string of the molecule is CCc1nc(N)nc(N)c1-c1ccc(N(C)C)c(N=[N+]=N)c1. The van der Waals surface area contributed by atoms with E-state index in [2.05, 4.69) is 20.0 Å². The standard InChI is InChI=1S/C14H19N8/c1-4-9-12(13(15)19-14(16)18-9)8-5-6-11(22(2)3)10(7-8)20-21-17/h5-7,17H,4H2,1-3H3,(H4,15,16,18,19)/q+1. The zero-order chi connectivity index (χ0) is 16.3. The van der Waals surface area contributed by atoms with E-state index < -0.39 is 0 Å². The van der Waals surface area contributed by atoms with Gasteiger partial charge in [-0.1, -0.05) is 13.0 Å². The van der Waals surface area contributed by atoms with Gasteiger partial charge in [0, 0.05) is 19.7 Å². The Balaban J connectivity index is 2.69. The third kappa shape index (κ3) is 2.87. The van der Waals surface area contributed by atoms with Gasteiger partial charge in [0.2, 0.25) is 10.9 Å². The average Bonchev–Trinajstić information content (AvgIpc) is 2.46. The van der Waals surface area contributed by atoms with E-state index in [9.17, 15) is 0 Å². The lowest BCUT2D eigenvalue weighted by molar-refractivity contribution is 0.985. The molecule has 22 heavy (non-hydrogen) atoms. The molecule has 0 aliphatic heterocycles. The summed E-state index contributed by atoms with van der Waals surface area (Å²) in [5.74, 6) is 0.491. The van der Waals surface area contributed by atoms with Crippen molar-refractivity contribution >= 4 is 23.1 Å². The number of rotatable bonds is 4. The molecular weight excluding hydrogens is 280 g/mol. The molecule has 2 rings (SSSR count). The lowest BCUT2D eigenvalue weighted by Crippen LogP contribution is -2.09. The van der Waals surface area contributed by atoms with Gasteiger partial charge in [-0.3, -0.25) is 0 Å². The molecule has 0 aliphatic rings. The van der Waals surface area contributed by atoms with E-state index in [-0.39, 0.29) is 5.95 Å². The van der Waals surface area contributed by atoms with E-state index >= 15 is 0 Å².